The highest BCUT2D eigenvalue weighted by Gasteiger charge is 2.26. The molecule has 0 aliphatic carbocycles. The number of esters is 1. The van der Waals surface area contributed by atoms with Crippen molar-refractivity contribution in [2.75, 3.05) is 31.0 Å². The SMILES string of the molecule is COC(=O)c1sc2ncnc3c2c1NCN3C. The number of carbonyl (C=O) groups is 1. The smallest absolute Gasteiger partial charge is 0.350 e. The molecule has 0 saturated carbocycles. The molecule has 2 aromatic heterocycles. The molecule has 17 heavy (non-hydrogen) atoms. The van der Waals surface area contributed by atoms with Gasteiger partial charge < -0.3 is 15.0 Å². The molecule has 0 fully saturated rings. The van der Waals surface area contributed by atoms with E-state index < -0.39 is 0 Å². The highest BCUT2D eigenvalue weighted by atomic mass is 32.1. The molecule has 0 aromatic carbocycles. The maximum absolute atomic E-state index is 11.7. The van der Waals surface area contributed by atoms with Crippen LogP contribution in [0.2, 0.25) is 0 Å². The Hall–Kier alpha value is -1.89. The Balaban J connectivity index is 2.33. The minimum Gasteiger partial charge on any atom is -0.465 e. The Kier molecular flexibility index (Phi) is 2.15. The van der Waals surface area contributed by atoms with E-state index in [2.05, 4.69) is 15.3 Å². The zero-order valence-corrected chi connectivity index (χ0v) is 10.2. The molecule has 3 rings (SSSR count). The van der Waals surface area contributed by atoms with Crippen LogP contribution in [0.5, 0.6) is 0 Å². The Morgan fingerprint density at radius 1 is 1.59 bits per heavy atom. The first-order chi connectivity index (χ1) is 8.22. The van der Waals surface area contributed by atoms with Crippen LogP contribution in [0.4, 0.5) is 11.5 Å². The Labute approximate surface area is 101 Å². The third kappa shape index (κ3) is 1.35. The van der Waals surface area contributed by atoms with Gasteiger partial charge in [-0.3, -0.25) is 0 Å². The van der Waals surface area contributed by atoms with E-state index in [1.807, 2.05) is 11.9 Å². The quantitative estimate of drug-likeness (QED) is 0.769. The first-order valence-corrected chi connectivity index (χ1v) is 5.85. The first kappa shape index (κ1) is 10.3. The second-order valence-corrected chi connectivity index (χ2v) is 4.71. The summed E-state index contributed by atoms with van der Waals surface area (Å²) in [4.78, 5) is 23.4. The van der Waals surface area contributed by atoms with Crippen molar-refractivity contribution in [2.45, 2.75) is 0 Å². The summed E-state index contributed by atoms with van der Waals surface area (Å²) in [7, 11) is 3.31. The van der Waals surface area contributed by atoms with Crippen LogP contribution in [0.25, 0.3) is 10.2 Å². The number of carbonyl (C=O) groups excluding carboxylic acids is 1. The first-order valence-electron chi connectivity index (χ1n) is 5.03. The van der Waals surface area contributed by atoms with Crippen molar-refractivity contribution in [2.24, 2.45) is 0 Å². The molecule has 0 spiro atoms. The fraction of sp³-hybridized carbons (Fsp3) is 0.300. The number of hydrogen-bond acceptors (Lipinski definition) is 7. The van der Waals surface area contributed by atoms with Gasteiger partial charge in [0, 0.05) is 7.05 Å². The second kappa shape index (κ2) is 3.56. The molecule has 0 saturated heterocycles. The second-order valence-electron chi connectivity index (χ2n) is 3.71. The van der Waals surface area contributed by atoms with Crippen LogP contribution in [0.3, 0.4) is 0 Å². The maximum atomic E-state index is 11.7. The van der Waals surface area contributed by atoms with Crippen molar-refractivity contribution in [3.8, 4) is 0 Å². The monoisotopic (exact) mass is 250 g/mol. The van der Waals surface area contributed by atoms with Crippen LogP contribution in [0.1, 0.15) is 9.67 Å². The number of nitrogens with zero attached hydrogens (tertiary/aromatic N) is 3. The van der Waals surface area contributed by atoms with Crippen molar-refractivity contribution in [3.63, 3.8) is 0 Å². The van der Waals surface area contributed by atoms with Gasteiger partial charge in [0.15, 0.2) is 0 Å². The van der Waals surface area contributed by atoms with Gasteiger partial charge in [-0.05, 0) is 0 Å². The lowest BCUT2D eigenvalue weighted by Gasteiger charge is -2.25. The number of anilines is 2. The summed E-state index contributed by atoms with van der Waals surface area (Å²) in [5.74, 6) is 0.501. The summed E-state index contributed by atoms with van der Waals surface area (Å²) in [6, 6.07) is 0. The number of rotatable bonds is 1. The summed E-state index contributed by atoms with van der Waals surface area (Å²) in [5, 5.41) is 4.09. The molecule has 0 unspecified atom stereocenters. The van der Waals surface area contributed by atoms with E-state index in [9.17, 15) is 4.79 Å². The molecule has 0 radical (unpaired) electrons. The molecule has 0 atom stereocenters. The molecule has 2 aromatic rings. The van der Waals surface area contributed by atoms with Crippen LogP contribution in [0.15, 0.2) is 6.33 Å². The summed E-state index contributed by atoms with van der Waals surface area (Å²) in [6.45, 7) is 0.611. The van der Waals surface area contributed by atoms with Gasteiger partial charge in [0.2, 0.25) is 0 Å². The van der Waals surface area contributed by atoms with Crippen molar-refractivity contribution in [1.82, 2.24) is 9.97 Å². The molecule has 1 aliphatic heterocycles. The standard InChI is InChI=1S/C10H10N4O2S/c1-14-4-13-6-5-8(14)11-3-12-9(5)17-7(6)10(15)16-2/h3,13H,4H2,1-2H3. The van der Waals surface area contributed by atoms with E-state index >= 15 is 0 Å². The maximum Gasteiger partial charge on any atom is 0.350 e. The van der Waals surface area contributed by atoms with E-state index in [0.717, 1.165) is 21.7 Å². The average Bonchev–Trinajstić information content (AvgIpc) is 2.73. The minimum absolute atomic E-state index is 0.342. The lowest BCUT2D eigenvalue weighted by Crippen LogP contribution is -2.29. The highest BCUT2D eigenvalue weighted by molar-refractivity contribution is 7.21. The van der Waals surface area contributed by atoms with Crippen LogP contribution < -0.4 is 10.2 Å². The molecular weight excluding hydrogens is 240 g/mol. The van der Waals surface area contributed by atoms with E-state index in [-0.39, 0.29) is 5.97 Å². The van der Waals surface area contributed by atoms with Crippen molar-refractivity contribution in [3.05, 3.63) is 11.2 Å². The van der Waals surface area contributed by atoms with Crippen LogP contribution in [-0.4, -0.2) is 36.8 Å². The van der Waals surface area contributed by atoms with Gasteiger partial charge >= 0.3 is 5.97 Å². The zero-order valence-electron chi connectivity index (χ0n) is 9.35. The summed E-state index contributed by atoms with van der Waals surface area (Å²) in [6.07, 6.45) is 1.51. The van der Waals surface area contributed by atoms with E-state index in [1.165, 1.54) is 24.8 Å². The Morgan fingerprint density at radius 3 is 3.18 bits per heavy atom. The number of hydrogen-bond donors (Lipinski definition) is 1. The van der Waals surface area contributed by atoms with E-state index in [0.29, 0.717) is 11.5 Å². The third-order valence-corrected chi connectivity index (χ3v) is 3.77. The number of thiophene rings is 1. The van der Waals surface area contributed by atoms with Crippen LogP contribution in [-0.2, 0) is 4.74 Å². The number of nitrogens with one attached hydrogen (secondary N) is 1. The number of aromatic nitrogens is 2. The molecule has 7 heteroatoms. The molecule has 6 nitrogen and oxygen atoms in total. The fourth-order valence-corrected chi connectivity index (χ4v) is 2.92. The predicted molar refractivity (Wildman–Crippen MR) is 65.6 cm³/mol. The van der Waals surface area contributed by atoms with E-state index in [4.69, 9.17) is 4.74 Å². The Bertz CT molecular complexity index is 610. The summed E-state index contributed by atoms with van der Waals surface area (Å²) >= 11 is 1.32. The zero-order chi connectivity index (χ0) is 12.0. The normalized spacial score (nSPS) is 13.6. The molecule has 1 N–H and O–H groups in total. The third-order valence-electron chi connectivity index (χ3n) is 2.69. The summed E-state index contributed by atoms with van der Waals surface area (Å²) in [5.41, 5.74) is 0.783. The van der Waals surface area contributed by atoms with Gasteiger partial charge in [-0.1, -0.05) is 0 Å². The number of methoxy groups -OCH3 is 1. The van der Waals surface area contributed by atoms with Gasteiger partial charge in [-0.25, -0.2) is 14.8 Å². The van der Waals surface area contributed by atoms with Gasteiger partial charge in [0.25, 0.3) is 0 Å². The predicted octanol–water partition coefficient (Wildman–Crippen LogP) is 1.30. The van der Waals surface area contributed by atoms with Crippen LogP contribution in [0, 0.1) is 0 Å². The van der Waals surface area contributed by atoms with Crippen LogP contribution >= 0.6 is 11.3 Å². The molecule has 3 heterocycles. The lowest BCUT2D eigenvalue weighted by atomic mass is 10.2. The van der Waals surface area contributed by atoms with Crippen molar-refractivity contribution in [1.29, 1.82) is 0 Å². The Morgan fingerprint density at radius 2 is 2.41 bits per heavy atom. The fourth-order valence-electron chi connectivity index (χ4n) is 1.89. The van der Waals surface area contributed by atoms with E-state index in [1.54, 1.807) is 0 Å². The summed E-state index contributed by atoms with van der Waals surface area (Å²) < 4.78 is 4.77. The van der Waals surface area contributed by atoms with Gasteiger partial charge in [0.1, 0.15) is 21.9 Å². The van der Waals surface area contributed by atoms with Crippen molar-refractivity contribution >= 4 is 39.0 Å². The largest absolute Gasteiger partial charge is 0.465 e. The average molecular weight is 250 g/mol. The highest BCUT2D eigenvalue weighted by Crippen LogP contribution is 2.41. The van der Waals surface area contributed by atoms with Crippen molar-refractivity contribution < 1.29 is 9.53 Å². The molecule has 0 bridgehead atoms. The lowest BCUT2D eigenvalue weighted by molar-refractivity contribution is 0.0607. The molecule has 1 aliphatic rings. The number of ether oxygens (including phenoxy) is 1. The molecular formula is C10H10N4O2S. The molecule has 0 amide bonds. The minimum atomic E-state index is -0.342. The topological polar surface area (TPSA) is 67.3 Å². The van der Waals surface area contributed by atoms with Gasteiger partial charge in [-0.15, -0.1) is 11.3 Å². The van der Waals surface area contributed by atoms with Gasteiger partial charge in [-0.2, -0.15) is 0 Å². The van der Waals surface area contributed by atoms with Gasteiger partial charge in [0.05, 0.1) is 24.9 Å². The molecule has 88 valence electrons.